The van der Waals surface area contributed by atoms with Gasteiger partial charge in [-0.1, -0.05) is 6.07 Å². The second-order valence-electron chi connectivity index (χ2n) is 6.31. The van der Waals surface area contributed by atoms with E-state index in [4.69, 9.17) is 9.47 Å². The standard InChI is InChI=1S/C18H21N5O3/c24-18(15-3-1-2-5-19-15)23-6-4-14(12-23)26-17-11-16(20-13-21-17)22-7-9-25-10-8-22/h1-3,5,11,13-14H,4,6-10,12H2. The van der Waals surface area contributed by atoms with Gasteiger partial charge in [-0.3, -0.25) is 9.78 Å². The Labute approximate surface area is 151 Å². The van der Waals surface area contributed by atoms with E-state index in [0.717, 1.165) is 25.3 Å². The highest BCUT2D eigenvalue weighted by atomic mass is 16.5. The topological polar surface area (TPSA) is 80.7 Å². The minimum Gasteiger partial charge on any atom is -0.472 e. The fourth-order valence-corrected chi connectivity index (χ4v) is 3.19. The molecule has 8 nitrogen and oxygen atoms in total. The molecule has 136 valence electrons. The molecule has 0 spiro atoms. The van der Waals surface area contributed by atoms with E-state index in [2.05, 4.69) is 19.9 Å². The van der Waals surface area contributed by atoms with Crippen LogP contribution in [0.25, 0.3) is 0 Å². The normalized spacial score (nSPS) is 20.2. The smallest absolute Gasteiger partial charge is 0.272 e. The van der Waals surface area contributed by atoms with Crippen molar-refractivity contribution < 1.29 is 14.3 Å². The SMILES string of the molecule is O=C(c1ccccn1)N1CCC(Oc2cc(N3CCOCC3)ncn2)C1. The van der Waals surface area contributed by atoms with Crippen molar-refractivity contribution in [1.82, 2.24) is 19.9 Å². The number of hydrogen-bond donors (Lipinski definition) is 0. The minimum atomic E-state index is -0.0740. The van der Waals surface area contributed by atoms with Crippen LogP contribution in [0, 0.1) is 0 Å². The molecule has 0 radical (unpaired) electrons. The number of morpholine rings is 1. The summed E-state index contributed by atoms with van der Waals surface area (Å²) >= 11 is 0. The Morgan fingerprint density at radius 1 is 1.15 bits per heavy atom. The largest absolute Gasteiger partial charge is 0.472 e. The molecule has 0 N–H and O–H groups in total. The lowest BCUT2D eigenvalue weighted by Crippen LogP contribution is -2.36. The first-order valence-electron chi connectivity index (χ1n) is 8.81. The summed E-state index contributed by atoms with van der Waals surface area (Å²) in [7, 11) is 0. The van der Waals surface area contributed by atoms with Gasteiger partial charge < -0.3 is 19.3 Å². The number of rotatable bonds is 4. The molecule has 1 amide bonds. The molecule has 0 bridgehead atoms. The van der Waals surface area contributed by atoms with Gasteiger partial charge in [-0.2, -0.15) is 0 Å². The van der Waals surface area contributed by atoms with E-state index in [1.54, 1.807) is 23.2 Å². The number of likely N-dealkylation sites (tertiary alicyclic amines) is 1. The van der Waals surface area contributed by atoms with Crippen molar-refractivity contribution in [1.29, 1.82) is 0 Å². The van der Waals surface area contributed by atoms with Crippen molar-refractivity contribution in [3.8, 4) is 5.88 Å². The molecule has 0 aromatic carbocycles. The fourth-order valence-electron chi connectivity index (χ4n) is 3.19. The van der Waals surface area contributed by atoms with Crippen LogP contribution in [0.4, 0.5) is 5.82 Å². The fraction of sp³-hybridized carbons (Fsp3) is 0.444. The molecule has 4 heterocycles. The summed E-state index contributed by atoms with van der Waals surface area (Å²) in [6.07, 6.45) is 3.85. The van der Waals surface area contributed by atoms with Crippen molar-refractivity contribution in [3.05, 3.63) is 42.5 Å². The lowest BCUT2D eigenvalue weighted by atomic mass is 10.3. The highest BCUT2D eigenvalue weighted by Gasteiger charge is 2.29. The zero-order valence-electron chi connectivity index (χ0n) is 14.5. The summed E-state index contributed by atoms with van der Waals surface area (Å²) in [5.74, 6) is 1.32. The van der Waals surface area contributed by atoms with E-state index >= 15 is 0 Å². The number of carbonyl (C=O) groups is 1. The number of anilines is 1. The van der Waals surface area contributed by atoms with Crippen molar-refractivity contribution >= 4 is 11.7 Å². The van der Waals surface area contributed by atoms with Gasteiger partial charge in [-0.25, -0.2) is 9.97 Å². The maximum absolute atomic E-state index is 12.5. The van der Waals surface area contributed by atoms with E-state index < -0.39 is 0 Å². The van der Waals surface area contributed by atoms with Gasteiger partial charge in [0.05, 0.1) is 19.8 Å². The van der Waals surface area contributed by atoms with Crippen LogP contribution < -0.4 is 9.64 Å². The Morgan fingerprint density at radius 3 is 2.85 bits per heavy atom. The first-order chi connectivity index (χ1) is 12.8. The van der Waals surface area contributed by atoms with Gasteiger partial charge in [-0.05, 0) is 12.1 Å². The summed E-state index contributed by atoms with van der Waals surface area (Å²) < 4.78 is 11.4. The number of ether oxygens (including phenoxy) is 2. The van der Waals surface area contributed by atoms with Crippen LogP contribution in [0.1, 0.15) is 16.9 Å². The molecule has 2 fully saturated rings. The van der Waals surface area contributed by atoms with Gasteiger partial charge in [0.2, 0.25) is 5.88 Å². The number of hydrogen-bond acceptors (Lipinski definition) is 7. The molecule has 26 heavy (non-hydrogen) atoms. The van der Waals surface area contributed by atoms with E-state index in [1.165, 1.54) is 6.33 Å². The van der Waals surface area contributed by atoms with Gasteiger partial charge in [0.15, 0.2) is 0 Å². The maximum Gasteiger partial charge on any atom is 0.272 e. The predicted octanol–water partition coefficient (Wildman–Crippen LogP) is 1.00. The Hall–Kier alpha value is -2.74. The molecule has 1 unspecified atom stereocenters. The quantitative estimate of drug-likeness (QED) is 0.809. The molecule has 4 rings (SSSR count). The Morgan fingerprint density at radius 2 is 2.04 bits per heavy atom. The maximum atomic E-state index is 12.5. The molecule has 1 atom stereocenters. The molecular weight excluding hydrogens is 334 g/mol. The highest BCUT2D eigenvalue weighted by molar-refractivity contribution is 5.92. The Kier molecular flexibility index (Phi) is 4.92. The monoisotopic (exact) mass is 355 g/mol. The van der Waals surface area contributed by atoms with Gasteiger partial charge >= 0.3 is 0 Å². The van der Waals surface area contributed by atoms with Gasteiger partial charge in [0.1, 0.15) is 23.9 Å². The summed E-state index contributed by atoms with van der Waals surface area (Å²) in [4.78, 5) is 29.1. The third-order valence-electron chi connectivity index (χ3n) is 4.57. The Bertz CT molecular complexity index is 752. The summed E-state index contributed by atoms with van der Waals surface area (Å²) in [6.45, 7) is 4.22. The number of nitrogens with zero attached hydrogens (tertiary/aromatic N) is 5. The minimum absolute atomic E-state index is 0.0617. The van der Waals surface area contributed by atoms with E-state index in [1.807, 2.05) is 12.1 Å². The van der Waals surface area contributed by atoms with Crippen LogP contribution in [0.3, 0.4) is 0 Å². The van der Waals surface area contributed by atoms with Crippen molar-refractivity contribution in [2.75, 3.05) is 44.3 Å². The average molecular weight is 355 g/mol. The van der Waals surface area contributed by atoms with Gasteiger partial charge in [0, 0.05) is 38.3 Å². The predicted molar refractivity (Wildman–Crippen MR) is 94.2 cm³/mol. The number of aromatic nitrogens is 3. The lowest BCUT2D eigenvalue weighted by molar-refractivity contribution is 0.0765. The zero-order chi connectivity index (χ0) is 17.8. The molecule has 2 aromatic rings. The summed E-state index contributed by atoms with van der Waals surface area (Å²) in [5.41, 5.74) is 0.463. The van der Waals surface area contributed by atoms with Crippen LogP contribution in [0.2, 0.25) is 0 Å². The first kappa shape index (κ1) is 16.7. The van der Waals surface area contributed by atoms with Crippen LogP contribution in [-0.4, -0.2) is 71.3 Å². The molecule has 0 aliphatic carbocycles. The van der Waals surface area contributed by atoms with Crippen LogP contribution in [0.5, 0.6) is 5.88 Å². The molecule has 2 aliphatic rings. The number of amides is 1. The van der Waals surface area contributed by atoms with E-state index in [9.17, 15) is 4.79 Å². The third kappa shape index (κ3) is 3.75. The van der Waals surface area contributed by atoms with Crippen molar-refractivity contribution in [2.45, 2.75) is 12.5 Å². The van der Waals surface area contributed by atoms with Gasteiger partial charge in [0.25, 0.3) is 5.91 Å². The van der Waals surface area contributed by atoms with Crippen LogP contribution in [-0.2, 0) is 4.74 Å². The van der Waals surface area contributed by atoms with Crippen LogP contribution in [0.15, 0.2) is 36.8 Å². The van der Waals surface area contributed by atoms with Crippen molar-refractivity contribution in [2.24, 2.45) is 0 Å². The number of pyridine rings is 1. The first-order valence-corrected chi connectivity index (χ1v) is 8.81. The number of carbonyl (C=O) groups excluding carboxylic acids is 1. The zero-order valence-corrected chi connectivity index (χ0v) is 14.5. The lowest BCUT2D eigenvalue weighted by Gasteiger charge is -2.27. The molecule has 2 aliphatic heterocycles. The Balaban J connectivity index is 1.37. The average Bonchev–Trinajstić information content (AvgIpc) is 3.17. The molecule has 2 saturated heterocycles. The summed E-state index contributed by atoms with van der Waals surface area (Å²) in [6, 6.07) is 7.20. The highest BCUT2D eigenvalue weighted by Crippen LogP contribution is 2.21. The molecule has 2 aromatic heterocycles. The second kappa shape index (κ2) is 7.65. The molecule has 0 saturated carbocycles. The molecular formula is C18H21N5O3. The summed E-state index contributed by atoms with van der Waals surface area (Å²) in [5, 5.41) is 0. The van der Waals surface area contributed by atoms with Crippen LogP contribution >= 0.6 is 0 Å². The van der Waals surface area contributed by atoms with E-state index in [-0.39, 0.29) is 12.0 Å². The second-order valence-corrected chi connectivity index (χ2v) is 6.31. The van der Waals surface area contributed by atoms with Gasteiger partial charge in [-0.15, -0.1) is 0 Å². The van der Waals surface area contributed by atoms with E-state index in [0.29, 0.717) is 37.9 Å². The van der Waals surface area contributed by atoms with Crippen molar-refractivity contribution in [3.63, 3.8) is 0 Å². The molecule has 8 heteroatoms. The third-order valence-corrected chi connectivity index (χ3v) is 4.57.